The van der Waals surface area contributed by atoms with Gasteiger partial charge in [-0.25, -0.2) is 0 Å². The molecule has 1 aliphatic heterocycles. The number of rotatable bonds is 3. The van der Waals surface area contributed by atoms with E-state index in [1.54, 1.807) is 12.1 Å². The molecule has 1 aromatic heterocycles. The van der Waals surface area contributed by atoms with Crippen LogP contribution in [0.25, 0.3) is 10.9 Å². The minimum absolute atomic E-state index is 0.161. The van der Waals surface area contributed by atoms with Crippen LogP contribution in [0.5, 0.6) is 5.88 Å². The normalized spacial score (nSPS) is 19.7. The average molecular weight is 427 g/mol. The summed E-state index contributed by atoms with van der Waals surface area (Å²) >= 11 is 3.36. The highest BCUT2D eigenvalue weighted by atomic mass is 79.9. The van der Waals surface area contributed by atoms with Crippen molar-refractivity contribution in [1.29, 1.82) is 0 Å². The quantitative estimate of drug-likeness (QED) is 0.438. The van der Waals surface area contributed by atoms with E-state index in [-0.39, 0.29) is 23.4 Å². The molecule has 0 aliphatic carbocycles. The van der Waals surface area contributed by atoms with Crippen LogP contribution in [0.2, 0.25) is 0 Å². The van der Waals surface area contributed by atoms with Crippen molar-refractivity contribution < 1.29 is 14.7 Å². The van der Waals surface area contributed by atoms with Gasteiger partial charge in [0.15, 0.2) is 5.69 Å². The lowest BCUT2D eigenvalue weighted by atomic mass is 9.88. The first-order valence-electron chi connectivity index (χ1n) is 8.33. The SMILES string of the molecule is O=C(N=Nc1c(O)[nH]c2ccc(Br)cc12)[C@@H]1C(=O)NC[C@H]1c1ccccc1. The van der Waals surface area contributed by atoms with Crippen LogP contribution in [0.3, 0.4) is 0 Å². The topological polar surface area (TPSA) is 107 Å². The summed E-state index contributed by atoms with van der Waals surface area (Å²) in [7, 11) is 0. The smallest absolute Gasteiger partial charge is 0.277 e. The van der Waals surface area contributed by atoms with E-state index in [1.165, 1.54) is 0 Å². The number of amides is 2. The minimum Gasteiger partial charge on any atom is -0.493 e. The largest absolute Gasteiger partial charge is 0.493 e. The molecule has 2 aromatic carbocycles. The summed E-state index contributed by atoms with van der Waals surface area (Å²) in [6.07, 6.45) is 0. The number of H-pyrrole nitrogens is 1. The fraction of sp³-hybridized carbons (Fsp3) is 0.158. The highest BCUT2D eigenvalue weighted by Crippen LogP contribution is 2.37. The van der Waals surface area contributed by atoms with E-state index >= 15 is 0 Å². The van der Waals surface area contributed by atoms with Gasteiger partial charge in [0.25, 0.3) is 5.91 Å². The molecule has 1 saturated heterocycles. The van der Waals surface area contributed by atoms with Crippen LogP contribution in [0.15, 0.2) is 63.2 Å². The van der Waals surface area contributed by atoms with E-state index in [4.69, 9.17) is 0 Å². The number of aromatic nitrogens is 1. The molecule has 1 aliphatic rings. The summed E-state index contributed by atoms with van der Waals surface area (Å²) < 4.78 is 0.802. The lowest BCUT2D eigenvalue weighted by Gasteiger charge is -2.13. The van der Waals surface area contributed by atoms with Crippen molar-refractivity contribution in [2.24, 2.45) is 16.1 Å². The monoisotopic (exact) mass is 426 g/mol. The van der Waals surface area contributed by atoms with Crippen LogP contribution in [0.4, 0.5) is 5.69 Å². The molecule has 0 spiro atoms. The third-order valence-electron chi connectivity index (χ3n) is 4.64. The Morgan fingerprint density at radius 3 is 2.74 bits per heavy atom. The van der Waals surface area contributed by atoms with E-state index in [1.807, 2.05) is 36.4 Å². The molecule has 0 bridgehead atoms. The number of benzene rings is 2. The second kappa shape index (κ2) is 6.96. The van der Waals surface area contributed by atoms with Gasteiger partial charge in [-0.05, 0) is 23.8 Å². The molecule has 1 fully saturated rings. The molecule has 2 atom stereocenters. The average Bonchev–Trinajstić information content (AvgIpc) is 3.20. The summed E-state index contributed by atoms with van der Waals surface area (Å²) in [6, 6.07) is 14.7. The summed E-state index contributed by atoms with van der Waals surface area (Å²) in [5.41, 5.74) is 1.72. The molecular weight excluding hydrogens is 412 g/mol. The number of aromatic amines is 1. The molecule has 2 heterocycles. The van der Waals surface area contributed by atoms with Gasteiger partial charge in [-0.15, -0.1) is 10.2 Å². The number of nitrogens with one attached hydrogen (secondary N) is 2. The van der Waals surface area contributed by atoms with E-state index in [0.717, 1.165) is 10.0 Å². The molecule has 3 aromatic rings. The van der Waals surface area contributed by atoms with Gasteiger partial charge in [-0.1, -0.05) is 46.3 Å². The van der Waals surface area contributed by atoms with Gasteiger partial charge < -0.3 is 15.4 Å². The zero-order chi connectivity index (χ0) is 19.0. The molecule has 27 heavy (non-hydrogen) atoms. The maximum absolute atomic E-state index is 12.6. The number of carbonyl (C=O) groups is 2. The number of fused-ring (bicyclic) bond motifs is 1. The van der Waals surface area contributed by atoms with Gasteiger partial charge in [0.05, 0.1) is 5.52 Å². The second-order valence-corrected chi connectivity index (χ2v) is 7.21. The van der Waals surface area contributed by atoms with Crippen LogP contribution in [-0.2, 0) is 9.59 Å². The zero-order valence-electron chi connectivity index (χ0n) is 14.0. The van der Waals surface area contributed by atoms with Gasteiger partial charge in [0.1, 0.15) is 5.92 Å². The zero-order valence-corrected chi connectivity index (χ0v) is 15.6. The fourth-order valence-corrected chi connectivity index (χ4v) is 3.68. The first-order valence-corrected chi connectivity index (χ1v) is 9.12. The Labute approximate surface area is 162 Å². The molecule has 3 N–H and O–H groups in total. The summed E-state index contributed by atoms with van der Waals surface area (Å²) in [5.74, 6) is -2.41. The molecule has 0 saturated carbocycles. The molecule has 136 valence electrons. The van der Waals surface area contributed by atoms with E-state index < -0.39 is 11.8 Å². The molecule has 8 heteroatoms. The van der Waals surface area contributed by atoms with Crippen LogP contribution in [0.1, 0.15) is 11.5 Å². The Balaban J connectivity index is 1.64. The molecule has 7 nitrogen and oxygen atoms in total. The third-order valence-corrected chi connectivity index (χ3v) is 5.13. The van der Waals surface area contributed by atoms with Crippen molar-refractivity contribution in [3.8, 4) is 5.88 Å². The van der Waals surface area contributed by atoms with Gasteiger partial charge in [0, 0.05) is 22.3 Å². The predicted molar refractivity (Wildman–Crippen MR) is 103 cm³/mol. The number of carbonyl (C=O) groups excluding carboxylic acids is 2. The van der Waals surface area contributed by atoms with Crippen LogP contribution in [0, 0.1) is 5.92 Å². The van der Waals surface area contributed by atoms with Gasteiger partial charge in [0.2, 0.25) is 11.8 Å². The lowest BCUT2D eigenvalue weighted by molar-refractivity contribution is -0.131. The van der Waals surface area contributed by atoms with Crippen molar-refractivity contribution in [3.05, 3.63) is 58.6 Å². The number of aromatic hydroxyl groups is 1. The first-order chi connectivity index (χ1) is 13.0. The highest BCUT2D eigenvalue weighted by Gasteiger charge is 2.41. The second-order valence-electron chi connectivity index (χ2n) is 6.29. The molecular formula is C19H15BrN4O3. The van der Waals surface area contributed by atoms with Crippen molar-refractivity contribution in [3.63, 3.8) is 0 Å². The summed E-state index contributed by atoms with van der Waals surface area (Å²) in [5, 5.41) is 21.1. The molecule has 0 radical (unpaired) electrons. The lowest BCUT2D eigenvalue weighted by Crippen LogP contribution is -2.25. The van der Waals surface area contributed by atoms with Crippen molar-refractivity contribution in [2.45, 2.75) is 5.92 Å². The van der Waals surface area contributed by atoms with Crippen LogP contribution in [-0.4, -0.2) is 28.4 Å². The molecule has 0 unspecified atom stereocenters. The number of hydrogen-bond donors (Lipinski definition) is 3. The number of hydrogen-bond acceptors (Lipinski definition) is 4. The van der Waals surface area contributed by atoms with Crippen molar-refractivity contribution >= 4 is 44.3 Å². The Kier molecular flexibility index (Phi) is 4.49. The Bertz CT molecular complexity index is 1060. The van der Waals surface area contributed by atoms with Crippen molar-refractivity contribution in [2.75, 3.05) is 6.54 Å². The van der Waals surface area contributed by atoms with Crippen molar-refractivity contribution in [1.82, 2.24) is 10.3 Å². The van der Waals surface area contributed by atoms with Crippen LogP contribution < -0.4 is 5.32 Å². The maximum atomic E-state index is 12.6. The number of nitrogens with zero attached hydrogens (tertiary/aromatic N) is 2. The van der Waals surface area contributed by atoms with Crippen LogP contribution >= 0.6 is 15.9 Å². The minimum atomic E-state index is -0.935. The maximum Gasteiger partial charge on any atom is 0.277 e. The Hall–Kier alpha value is -3.00. The van der Waals surface area contributed by atoms with E-state index in [9.17, 15) is 14.7 Å². The molecule has 2 amide bonds. The Morgan fingerprint density at radius 1 is 1.19 bits per heavy atom. The Morgan fingerprint density at radius 2 is 1.96 bits per heavy atom. The first kappa shape index (κ1) is 17.4. The number of azo groups is 1. The third kappa shape index (κ3) is 3.23. The number of halogens is 1. The highest BCUT2D eigenvalue weighted by molar-refractivity contribution is 9.10. The van der Waals surface area contributed by atoms with Gasteiger partial charge >= 0.3 is 0 Å². The molecule has 4 rings (SSSR count). The summed E-state index contributed by atoms with van der Waals surface area (Å²) in [4.78, 5) is 27.6. The van der Waals surface area contributed by atoms with Gasteiger partial charge in [-0.2, -0.15) is 0 Å². The predicted octanol–water partition coefficient (Wildman–Crippen LogP) is 3.78. The van der Waals surface area contributed by atoms with Gasteiger partial charge in [-0.3, -0.25) is 9.59 Å². The standard InChI is InChI=1S/C19H15BrN4O3/c20-11-6-7-14-12(8-11)16(19(27)22-14)23-24-18(26)15-13(9-21-17(15)25)10-4-2-1-3-5-10/h1-8,13,15,22,27H,9H2,(H,21,25)/t13-,15-/m0/s1. The summed E-state index contributed by atoms with van der Waals surface area (Å²) in [6.45, 7) is 0.375. The fourth-order valence-electron chi connectivity index (χ4n) is 3.31. The van der Waals surface area contributed by atoms with E-state index in [2.05, 4.69) is 36.5 Å². The van der Waals surface area contributed by atoms with E-state index in [0.29, 0.717) is 17.4 Å².